The molecule has 1 rings (SSSR count). The molecule has 1 fully saturated rings. The van der Waals surface area contributed by atoms with E-state index in [-0.39, 0.29) is 6.61 Å². The summed E-state index contributed by atoms with van der Waals surface area (Å²) in [7, 11) is 0. The third-order valence-electron chi connectivity index (χ3n) is 2.20. The average molecular weight is 260 g/mol. The monoisotopic (exact) mass is 260 g/mol. The first kappa shape index (κ1) is 14.4. The molecule has 0 N–H and O–H groups in total. The number of carbonyl (C=O) groups excluding carboxylic acids is 3. The van der Waals surface area contributed by atoms with Crippen LogP contribution in [0.5, 0.6) is 0 Å². The smallest absolute Gasteiger partial charge is 0.305 e. The third-order valence-corrected chi connectivity index (χ3v) is 2.20. The second-order valence-electron chi connectivity index (χ2n) is 3.92. The number of esters is 3. The molecule has 1 heterocycles. The fourth-order valence-electron chi connectivity index (χ4n) is 1.60. The van der Waals surface area contributed by atoms with Gasteiger partial charge in [-0.05, 0) is 0 Å². The van der Waals surface area contributed by atoms with Crippen LogP contribution in [0.15, 0.2) is 0 Å². The minimum absolute atomic E-state index is 0.0326. The molecule has 0 aromatic rings. The summed E-state index contributed by atoms with van der Waals surface area (Å²) in [5.41, 5.74) is 0. The van der Waals surface area contributed by atoms with Crippen LogP contribution in [-0.4, -0.2) is 43.0 Å². The van der Waals surface area contributed by atoms with Crippen LogP contribution in [0.4, 0.5) is 0 Å². The summed E-state index contributed by atoms with van der Waals surface area (Å²) in [6.07, 6.45) is -1.77. The summed E-state index contributed by atoms with van der Waals surface area (Å²) >= 11 is 0. The molecule has 1 aliphatic heterocycles. The lowest BCUT2D eigenvalue weighted by Gasteiger charge is -2.17. The van der Waals surface area contributed by atoms with E-state index in [2.05, 4.69) is 0 Å². The van der Waals surface area contributed by atoms with Crippen molar-refractivity contribution in [2.45, 2.75) is 45.7 Å². The zero-order valence-electron chi connectivity index (χ0n) is 10.5. The largest absolute Gasteiger partial charge is 0.463 e. The Morgan fingerprint density at radius 3 is 2.17 bits per heavy atom. The summed E-state index contributed by atoms with van der Waals surface area (Å²) < 4.78 is 20.0. The van der Waals surface area contributed by atoms with E-state index >= 15 is 0 Å². The molecule has 0 aliphatic carbocycles. The predicted molar refractivity (Wildman–Crippen MR) is 57.2 cm³/mol. The Labute approximate surface area is 104 Å². The van der Waals surface area contributed by atoms with Crippen LogP contribution in [0.25, 0.3) is 0 Å². The SMILES string of the molecule is CC(=O)OC[C@@H]1CC(OC(C)=O)[C@H](OC(C)=O)O1. The number of hydrogen-bond donors (Lipinski definition) is 0. The van der Waals surface area contributed by atoms with Crippen LogP contribution in [0.2, 0.25) is 0 Å². The second-order valence-corrected chi connectivity index (χ2v) is 3.92. The molecule has 7 heteroatoms. The summed E-state index contributed by atoms with van der Waals surface area (Å²) in [5, 5.41) is 0. The minimum Gasteiger partial charge on any atom is -0.463 e. The lowest BCUT2D eigenvalue weighted by Crippen LogP contribution is -2.30. The lowest BCUT2D eigenvalue weighted by molar-refractivity contribution is -0.196. The van der Waals surface area contributed by atoms with E-state index in [4.69, 9.17) is 18.9 Å². The van der Waals surface area contributed by atoms with Gasteiger partial charge in [-0.3, -0.25) is 14.4 Å². The maximum Gasteiger partial charge on any atom is 0.305 e. The number of carbonyl (C=O) groups is 3. The van der Waals surface area contributed by atoms with Gasteiger partial charge >= 0.3 is 17.9 Å². The Morgan fingerprint density at radius 1 is 1.06 bits per heavy atom. The Bertz CT molecular complexity index is 314. The summed E-state index contributed by atoms with van der Waals surface area (Å²) in [6, 6.07) is 0. The van der Waals surface area contributed by atoms with Crippen molar-refractivity contribution < 1.29 is 33.3 Å². The molecule has 1 unspecified atom stereocenters. The van der Waals surface area contributed by atoms with Crippen molar-refractivity contribution in [1.29, 1.82) is 0 Å². The van der Waals surface area contributed by atoms with E-state index in [9.17, 15) is 14.4 Å². The highest BCUT2D eigenvalue weighted by Crippen LogP contribution is 2.24. The van der Waals surface area contributed by atoms with Crippen molar-refractivity contribution >= 4 is 17.9 Å². The molecule has 0 aromatic carbocycles. The van der Waals surface area contributed by atoms with Crippen LogP contribution in [-0.2, 0) is 33.3 Å². The Hall–Kier alpha value is -1.63. The first-order chi connectivity index (χ1) is 8.38. The molecule has 0 bridgehead atoms. The molecule has 7 nitrogen and oxygen atoms in total. The Morgan fingerprint density at radius 2 is 1.67 bits per heavy atom. The van der Waals surface area contributed by atoms with Crippen molar-refractivity contribution in [2.75, 3.05) is 6.61 Å². The van der Waals surface area contributed by atoms with Crippen molar-refractivity contribution in [2.24, 2.45) is 0 Å². The van der Waals surface area contributed by atoms with Gasteiger partial charge in [-0.25, -0.2) is 0 Å². The van der Waals surface area contributed by atoms with E-state index in [1.807, 2.05) is 0 Å². The lowest BCUT2D eigenvalue weighted by atomic mass is 10.2. The van der Waals surface area contributed by atoms with Crippen molar-refractivity contribution in [1.82, 2.24) is 0 Å². The molecule has 0 spiro atoms. The van der Waals surface area contributed by atoms with Gasteiger partial charge in [0.2, 0.25) is 6.29 Å². The van der Waals surface area contributed by atoms with Crippen LogP contribution in [0.1, 0.15) is 27.2 Å². The maximum atomic E-state index is 10.9. The van der Waals surface area contributed by atoms with Gasteiger partial charge in [-0.1, -0.05) is 0 Å². The standard InChI is InChI=1S/C11H16O7/c1-6(12)15-5-9-4-10(16-7(2)13)11(18-9)17-8(3)14/h9-11H,4-5H2,1-3H3/t9-,10?,11+/m0/s1. The zero-order chi connectivity index (χ0) is 13.7. The van der Waals surface area contributed by atoms with E-state index in [1.54, 1.807) is 0 Å². The highest BCUT2D eigenvalue weighted by molar-refractivity contribution is 5.67. The molecule has 3 atom stereocenters. The van der Waals surface area contributed by atoms with E-state index in [1.165, 1.54) is 20.8 Å². The molecule has 0 amide bonds. The van der Waals surface area contributed by atoms with E-state index < -0.39 is 36.4 Å². The molecule has 0 aromatic heterocycles. The summed E-state index contributed by atoms with van der Waals surface area (Å²) in [6.45, 7) is 3.80. The molecule has 102 valence electrons. The zero-order valence-corrected chi connectivity index (χ0v) is 10.5. The van der Waals surface area contributed by atoms with Gasteiger partial charge in [0.15, 0.2) is 6.10 Å². The van der Waals surface area contributed by atoms with Crippen LogP contribution >= 0.6 is 0 Å². The highest BCUT2D eigenvalue weighted by Gasteiger charge is 2.40. The van der Waals surface area contributed by atoms with Crippen LogP contribution in [0, 0.1) is 0 Å². The number of ether oxygens (including phenoxy) is 4. The second kappa shape index (κ2) is 6.34. The normalized spacial score (nSPS) is 26.5. The van der Waals surface area contributed by atoms with Gasteiger partial charge in [0.25, 0.3) is 0 Å². The number of rotatable bonds is 4. The van der Waals surface area contributed by atoms with E-state index in [0.29, 0.717) is 6.42 Å². The third kappa shape index (κ3) is 4.70. The highest BCUT2D eigenvalue weighted by atomic mass is 16.7. The summed E-state index contributed by atoms with van der Waals surface area (Å²) in [5.74, 6) is -1.46. The Balaban J connectivity index is 2.54. The molecule has 1 aliphatic rings. The van der Waals surface area contributed by atoms with Gasteiger partial charge in [0.05, 0.1) is 6.10 Å². The van der Waals surface area contributed by atoms with Gasteiger partial charge in [0.1, 0.15) is 6.61 Å². The first-order valence-corrected chi connectivity index (χ1v) is 5.51. The maximum absolute atomic E-state index is 10.9. The molecule has 1 saturated heterocycles. The topological polar surface area (TPSA) is 88.1 Å². The first-order valence-electron chi connectivity index (χ1n) is 5.51. The fraction of sp³-hybridized carbons (Fsp3) is 0.727. The molecule has 18 heavy (non-hydrogen) atoms. The van der Waals surface area contributed by atoms with Crippen molar-refractivity contribution in [3.8, 4) is 0 Å². The average Bonchev–Trinajstić information content (AvgIpc) is 2.56. The molecule has 0 radical (unpaired) electrons. The van der Waals surface area contributed by atoms with Crippen molar-refractivity contribution in [3.63, 3.8) is 0 Å². The van der Waals surface area contributed by atoms with Gasteiger partial charge in [-0.15, -0.1) is 0 Å². The van der Waals surface area contributed by atoms with Crippen molar-refractivity contribution in [3.05, 3.63) is 0 Å². The predicted octanol–water partition coefficient (Wildman–Crippen LogP) is 0.159. The summed E-state index contributed by atoms with van der Waals surface area (Å²) in [4.78, 5) is 32.4. The molecular weight excluding hydrogens is 244 g/mol. The van der Waals surface area contributed by atoms with Gasteiger partial charge in [0, 0.05) is 27.2 Å². The molecular formula is C11H16O7. The van der Waals surface area contributed by atoms with Crippen LogP contribution in [0.3, 0.4) is 0 Å². The molecule has 0 saturated carbocycles. The van der Waals surface area contributed by atoms with Gasteiger partial charge < -0.3 is 18.9 Å². The van der Waals surface area contributed by atoms with Gasteiger partial charge in [-0.2, -0.15) is 0 Å². The quantitative estimate of drug-likeness (QED) is 0.525. The number of hydrogen-bond acceptors (Lipinski definition) is 7. The van der Waals surface area contributed by atoms with Crippen LogP contribution < -0.4 is 0 Å². The minimum atomic E-state index is -0.952. The van der Waals surface area contributed by atoms with E-state index in [0.717, 1.165) is 0 Å². The Kier molecular flexibility index (Phi) is 5.08. The fourth-order valence-corrected chi connectivity index (χ4v) is 1.60.